The summed E-state index contributed by atoms with van der Waals surface area (Å²) in [6.45, 7) is 4.74. The highest BCUT2D eigenvalue weighted by atomic mass is 16.2. The molecular weight excluding hydrogens is 332 g/mol. The lowest BCUT2D eigenvalue weighted by Crippen LogP contribution is -2.50. The lowest BCUT2D eigenvalue weighted by molar-refractivity contribution is -0.120. The maximum absolute atomic E-state index is 12.5. The molecule has 2 N–H and O–H groups in total. The molecule has 2 heterocycles. The minimum absolute atomic E-state index is 0.0109. The van der Waals surface area contributed by atoms with Crippen LogP contribution in [-0.2, 0) is 4.79 Å². The Bertz CT molecular complexity index is 666. The number of carbonyl (C=O) groups excluding carboxylic acids is 3. The number of nitrogens with zero attached hydrogens (tertiary/aromatic N) is 2. The highest BCUT2D eigenvalue weighted by Gasteiger charge is 2.26. The Morgan fingerprint density at radius 3 is 2.42 bits per heavy atom. The molecule has 1 aromatic carbocycles. The van der Waals surface area contributed by atoms with E-state index in [2.05, 4.69) is 10.6 Å². The molecule has 0 atom stereocenters. The summed E-state index contributed by atoms with van der Waals surface area (Å²) in [6, 6.07) is 7.56. The zero-order valence-electron chi connectivity index (χ0n) is 15.2. The van der Waals surface area contributed by atoms with Gasteiger partial charge in [0.25, 0.3) is 5.91 Å². The number of carbonyl (C=O) groups is 3. The normalized spacial score (nSPS) is 18.9. The molecule has 1 aromatic rings. The van der Waals surface area contributed by atoms with Crippen molar-refractivity contribution in [3.63, 3.8) is 0 Å². The Morgan fingerprint density at radius 2 is 1.73 bits per heavy atom. The first-order valence-corrected chi connectivity index (χ1v) is 9.21. The third kappa shape index (κ3) is 4.53. The second-order valence-electron chi connectivity index (χ2n) is 6.97. The molecule has 7 heteroatoms. The van der Waals surface area contributed by atoms with E-state index in [1.54, 1.807) is 4.90 Å². The zero-order chi connectivity index (χ0) is 18.5. The van der Waals surface area contributed by atoms with Gasteiger partial charge in [-0.05, 0) is 31.9 Å². The van der Waals surface area contributed by atoms with Crippen LogP contribution in [0.25, 0.3) is 0 Å². The van der Waals surface area contributed by atoms with Gasteiger partial charge in [0.2, 0.25) is 5.91 Å². The number of aryl methyl sites for hydroxylation is 1. The van der Waals surface area contributed by atoms with Gasteiger partial charge in [-0.1, -0.05) is 17.7 Å². The summed E-state index contributed by atoms with van der Waals surface area (Å²) in [5, 5.41) is 5.81. The van der Waals surface area contributed by atoms with Gasteiger partial charge in [0, 0.05) is 50.7 Å². The zero-order valence-corrected chi connectivity index (χ0v) is 15.2. The quantitative estimate of drug-likeness (QED) is 0.832. The van der Waals surface area contributed by atoms with Crippen molar-refractivity contribution in [1.82, 2.24) is 20.4 Å². The fourth-order valence-electron chi connectivity index (χ4n) is 3.34. The van der Waals surface area contributed by atoms with E-state index in [-0.39, 0.29) is 23.9 Å². The van der Waals surface area contributed by atoms with E-state index in [9.17, 15) is 14.4 Å². The molecule has 3 rings (SSSR count). The first kappa shape index (κ1) is 18.2. The van der Waals surface area contributed by atoms with Crippen molar-refractivity contribution in [2.45, 2.75) is 32.2 Å². The summed E-state index contributed by atoms with van der Waals surface area (Å²) >= 11 is 0. The van der Waals surface area contributed by atoms with Gasteiger partial charge in [0.05, 0.1) is 0 Å². The number of urea groups is 1. The van der Waals surface area contributed by atoms with Crippen molar-refractivity contribution in [2.24, 2.45) is 0 Å². The average Bonchev–Trinajstić information content (AvgIpc) is 2.87. The maximum Gasteiger partial charge on any atom is 0.317 e. The van der Waals surface area contributed by atoms with E-state index in [0.29, 0.717) is 44.7 Å². The number of hydrogen-bond donors (Lipinski definition) is 2. The first-order valence-electron chi connectivity index (χ1n) is 9.21. The van der Waals surface area contributed by atoms with E-state index in [1.807, 2.05) is 36.1 Å². The molecule has 4 amide bonds. The molecule has 2 fully saturated rings. The number of amides is 4. The van der Waals surface area contributed by atoms with E-state index in [1.165, 1.54) is 0 Å². The van der Waals surface area contributed by atoms with E-state index >= 15 is 0 Å². The molecule has 26 heavy (non-hydrogen) atoms. The highest BCUT2D eigenvalue weighted by molar-refractivity contribution is 5.94. The summed E-state index contributed by atoms with van der Waals surface area (Å²) in [6.07, 6.45) is 1.83. The molecule has 0 unspecified atom stereocenters. The minimum atomic E-state index is -0.121. The fraction of sp³-hybridized carbons (Fsp3) is 0.526. The Labute approximate surface area is 153 Å². The van der Waals surface area contributed by atoms with Crippen molar-refractivity contribution in [1.29, 1.82) is 0 Å². The molecule has 0 spiro atoms. The van der Waals surface area contributed by atoms with Crippen molar-refractivity contribution < 1.29 is 14.4 Å². The van der Waals surface area contributed by atoms with Crippen molar-refractivity contribution >= 4 is 17.8 Å². The number of nitrogens with one attached hydrogen (secondary N) is 2. The molecule has 7 nitrogen and oxygen atoms in total. The average molecular weight is 358 g/mol. The van der Waals surface area contributed by atoms with Crippen molar-refractivity contribution in [3.8, 4) is 0 Å². The first-order chi connectivity index (χ1) is 12.5. The summed E-state index contributed by atoms with van der Waals surface area (Å²) < 4.78 is 0. The van der Waals surface area contributed by atoms with Crippen LogP contribution in [0.5, 0.6) is 0 Å². The summed E-state index contributed by atoms with van der Waals surface area (Å²) in [4.78, 5) is 39.8. The Hall–Kier alpha value is -2.57. The molecule has 0 radical (unpaired) electrons. The van der Waals surface area contributed by atoms with Gasteiger partial charge in [0.15, 0.2) is 0 Å². The highest BCUT2D eigenvalue weighted by Crippen LogP contribution is 2.15. The van der Waals surface area contributed by atoms with Gasteiger partial charge >= 0.3 is 6.03 Å². The number of rotatable bonds is 2. The fourth-order valence-corrected chi connectivity index (χ4v) is 3.34. The lowest BCUT2D eigenvalue weighted by Gasteiger charge is -2.33. The molecule has 140 valence electrons. The molecule has 0 aliphatic carbocycles. The molecule has 0 bridgehead atoms. The van der Waals surface area contributed by atoms with Crippen LogP contribution in [0.2, 0.25) is 0 Å². The smallest absolute Gasteiger partial charge is 0.317 e. The third-order valence-electron chi connectivity index (χ3n) is 5.01. The van der Waals surface area contributed by atoms with Gasteiger partial charge in [0.1, 0.15) is 0 Å². The van der Waals surface area contributed by atoms with Gasteiger partial charge < -0.3 is 20.4 Å². The summed E-state index contributed by atoms with van der Waals surface area (Å²) in [5.41, 5.74) is 1.84. The Morgan fingerprint density at radius 1 is 1.04 bits per heavy atom. The monoisotopic (exact) mass is 358 g/mol. The molecular formula is C19H26N4O3. The number of piperidine rings is 1. The number of likely N-dealkylation sites (tertiary alicyclic amines) is 1. The third-order valence-corrected chi connectivity index (χ3v) is 5.01. The second kappa shape index (κ2) is 8.21. The van der Waals surface area contributed by atoms with Crippen LogP contribution in [0.4, 0.5) is 4.79 Å². The number of benzene rings is 1. The second-order valence-corrected chi connectivity index (χ2v) is 6.97. The van der Waals surface area contributed by atoms with Gasteiger partial charge in [-0.2, -0.15) is 0 Å². The molecule has 0 saturated carbocycles. The molecule has 2 aliphatic rings. The maximum atomic E-state index is 12.5. The summed E-state index contributed by atoms with van der Waals surface area (Å²) in [5.74, 6) is 0.0371. The van der Waals surface area contributed by atoms with Crippen LogP contribution in [0.15, 0.2) is 24.3 Å². The minimum Gasteiger partial charge on any atom is -0.354 e. The van der Waals surface area contributed by atoms with Crippen LogP contribution in [0, 0.1) is 6.92 Å². The van der Waals surface area contributed by atoms with E-state index in [4.69, 9.17) is 0 Å². The summed E-state index contributed by atoms with van der Waals surface area (Å²) in [7, 11) is 0. The van der Waals surface area contributed by atoms with Crippen LogP contribution in [0.1, 0.15) is 35.2 Å². The molecule has 0 aromatic heterocycles. The standard InChI is InChI=1S/C19H26N4O3/c1-14-2-4-15(5-3-14)18(25)22-10-6-16(7-11-22)21-19(26)23-12-8-17(24)20-9-13-23/h2-5,16H,6-13H2,1H3,(H,20,24)(H,21,26). The largest absolute Gasteiger partial charge is 0.354 e. The van der Waals surface area contributed by atoms with Gasteiger partial charge in [-0.25, -0.2) is 4.79 Å². The molecule has 2 aliphatic heterocycles. The van der Waals surface area contributed by atoms with Gasteiger partial charge in [-0.3, -0.25) is 9.59 Å². The van der Waals surface area contributed by atoms with Crippen LogP contribution >= 0.6 is 0 Å². The lowest BCUT2D eigenvalue weighted by atomic mass is 10.0. The Balaban J connectivity index is 1.47. The molecule has 2 saturated heterocycles. The van der Waals surface area contributed by atoms with Crippen LogP contribution in [0.3, 0.4) is 0 Å². The van der Waals surface area contributed by atoms with E-state index in [0.717, 1.165) is 18.4 Å². The van der Waals surface area contributed by atoms with Crippen LogP contribution < -0.4 is 10.6 Å². The van der Waals surface area contributed by atoms with Crippen LogP contribution in [-0.4, -0.2) is 66.4 Å². The van der Waals surface area contributed by atoms with E-state index < -0.39 is 0 Å². The predicted octanol–water partition coefficient (Wildman–Crippen LogP) is 1.13. The van der Waals surface area contributed by atoms with Crippen molar-refractivity contribution in [2.75, 3.05) is 32.7 Å². The van der Waals surface area contributed by atoms with Gasteiger partial charge in [-0.15, -0.1) is 0 Å². The Kier molecular flexibility index (Phi) is 5.75. The number of hydrogen-bond acceptors (Lipinski definition) is 3. The topological polar surface area (TPSA) is 81.8 Å². The van der Waals surface area contributed by atoms with Crippen molar-refractivity contribution in [3.05, 3.63) is 35.4 Å². The SMILES string of the molecule is Cc1ccc(C(=O)N2CCC(NC(=O)N3CCNC(=O)CC3)CC2)cc1. The predicted molar refractivity (Wildman–Crippen MR) is 97.8 cm³/mol.